The topological polar surface area (TPSA) is 37.4 Å². The highest BCUT2D eigenvalue weighted by molar-refractivity contribution is 9.09. The number of carbonyl (C=O) groups is 2. The molecule has 0 aliphatic carbocycles. The number of carbonyl (C=O) groups excluding carboxylic acids is 2. The highest BCUT2D eigenvalue weighted by Crippen LogP contribution is 2.38. The normalized spacial score (nSPS) is 16.6. The van der Waals surface area contributed by atoms with Crippen LogP contribution in [0.15, 0.2) is 18.2 Å². The van der Waals surface area contributed by atoms with Crippen molar-refractivity contribution in [2.24, 2.45) is 11.3 Å². The number of anilines is 1. The van der Waals surface area contributed by atoms with Gasteiger partial charge in [-0.3, -0.25) is 9.59 Å². The van der Waals surface area contributed by atoms with E-state index in [1.54, 1.807) is 18.2 Å². The summed E-state index contributed by atoms with van der Waals surface area (Å²) in [4.78, 5) is 25.7. The molecule has 20 heavy (non-hydrogen) atoms. The Kier molecular flexibility index (Phi) is 4.26. The quantitative estimate of drug-likeness (QED) is 0.606. The van der Waals surface area contributed by atoms with Gasteiger partial charge in [0.1, 0.15) is 0 Å². The van der Waals surface area contributed by atoms with Crippen LogP contribution in [-0.4, -0.2) is 23.6 Å². The van der Waals surface area contributed by atoms with Gasteiger partial charge < -0.3 is 4.90 Å². The summed E-state index contributed by atoms with van der Waals surface area (Å²) in [5.41, 5.74) is 0.987. The molecule has 0 fully saturated rings. The summed E-state index contributed by atoms with van der Waals surface area (Å²) >= 11 is 9.67. The van der Waals surface area contributed by atoms with Crippen LogP contribution in [0.2, 0.25) is 5.02 Å². The molecule has 0 radical (unpaired) electrons. The van der Waals surface area contributed by atoms with Gasteiger partial charge in [0.2, 0.25) is 0 Å². The van der Waals surface area contributed by atoms with Crippen LogP contribution in [-0.2, 0) is 4.79 Å². The highest BCUT2D eigenvalue weighted by Gasteiger charge is 2.39. The second kappa shape index (κ2) is 5.49. The average Bonchev–Trinajstić information content (AvgIpc) is 2.60. The van der Waals surface area contributed by atoms with Gasteiger partial charge in [0.25, 0.3) is 11.7 Å². The highest BCUT2D eigenvalue weighted by atomic mass is 79.9. The average molecular weight is 359 g/mol. The molecular weight excluding hydrogens is 342 g/mol. The zero-order valence-electron chi connectivity index (χ0n) is 11.7. The Morgan fingerprint density at radius 2 is 1.95 bits per heavy atom. The van der Waals surface area contributed by atoms with Gasteiger partial charge in [-0.1, -0.05) is 54.4 Å². The van der Waals surface area contributed by atoms with E-state index in [0.717, 1.165) is 5.33 Å². The molecule has 0 saturated carbocycles. The Hall–Kier alpha value is -0.870. The lowest BCUT2D eigenvalue weighted by Gasteiger charge is -2.32. The molecule has 1 aliphatic heterocycles. The van der Waals surface area contributed by atoms with Gasteiger partial charge >= 0.3 is 0 Å². The third-order valence-corrected chi connectivity index (χ3v) is 4.84. The van der Waals surface area contributed by atoms with E-state index in [0.29, 0.717) is 22.8 Å². The first-order valence-electron chi connectivity index (χ1n) is 6.48. The fourth-order valence-corrected chi connectivity index (χ4v) is 3.71. The second-order valence-electron chi connectivity index (χ2n) is 6.10. The van der Waals surface area contributed by atoms with Crippen LogP contribution in [0.25, 0.3) is 0 Å². The largest absolute Gasteiger partial charge is 0.303 e. The van der Waals surface area contributed by atoms with E-state index in [-0.39, 0.29) is 11.3 Å². The van der Waals surface area contributed by atoms with E-state index in [1.807, 2.05) is 0 Å². The molecule has 1 aromatic carbocycles. The van der Waals surface area contributed by atoms with Gasteiger partial charge in [-0.2, -0.15) is 0 Å². The minimum atomic E-state index is -0.483. The van der Waals surface area contributed by atoms with Gasteiger partial charge in [0.05, 0.1) is 16.3 Å². The van der Waals surface area contributed by atoms with Crippen molar-refractivity contribution >= 4 is 44.9 Å². The summed E-state index contributed by atoms with van der Waals surface area (Å²) in [6, 6.07) is 5.06. The number of amides is 1. The molecular formula is C15H17BrClNO2. The number of hydrogen-bond donors (Lipinski definition) is 0. The number of hydrogen-bond acceptors (Lipinski definition) is 2. The van der Waals surface area contributed by atoms with E-state index in [9.17, 15) is 9.59 Å². The Morgan fingerprint density at radius 3 is 2.50 bits per heavy atom. The summed E-state index contributed by atoms with van der Waals surface area (Å²) in [7, 11) is 0. The van der Waals surface area contributed by atoms with Crippen LogP contribution in [0.5, 0.6) is 0 Å². The first kappa shape index (κ1) is 15.5. The molecule has 3 nitrogen and oxygen atoms in total. The zero-order chi connectivity index (χ0) is 15.1. The van der Waals surface area contributed by atoms with Gasteiger partial charge in [0.15, 0.2) is 0 Å². The molecule has 1 aromatic rings. The Balaban J connectivity index is 2.40. The lowest BCUT2D eigenvalue weighted by molar-refractivity contribution is -0.114. The van der Waals surface area contributed by atoms with Crippen LogP contribution in [0.3, 0.4) is 0 Å². The molecule has 0 aromatic heterocycles. The third kappa shape index (κ3) is 2.63. The van der Waals surface area contributed by atoms with Crippen molar-refractivity contribution in [2.75, 3.05) is 16.8 Å². The van der Waals surface area contributed by atoms with Gasteiger partial charge in [-0.05, 0) is 23.5 Å². The summed E-state index contributed by atoms with van der Waals surface area (Å²) < 4.78 is 0. The smallest absolute Gasteiger partial charge is 0.299 e. The van der Waals surface area contributed by atoms with Crippen LogP contribution in [0, 0.1) is 11.3 Å². The maximum absolute atomic E-state index is 12.2. The standard InChI is InChI=1S/C15H17BrClNO2/c1-15(2,3)9(7-16)8-18-12-10(13(19)14(18)20)5-4-6-11(12)17/h4-6,9H,7-8H2,1-3H3. The molecule has 1 amide bonds. The molecule has 1 unspecified atom stereocenters. The maximum atomic E-state index is 12.2. The molecule has 0 bridgehead atoms. The molecule has 1 aliphatic rings. The van der Waals surface area contributed by atoms with Crippen molar-refractivity contribution in [3.05, 3.63) is 28.8 Å². The first-order chi connectivity index (χ1) is 9.27. The summed E-state index contributed by atoms with van der Waals surface area (Å²) in [6.45, 7) is 6.84. The fraction of sp³-hybridized carbons (Fsp3) is 0.467. The van der Waals surface area contributed by atoms with Crippen molar-refractivity contribution in [2.45, 2.75) is 20.8 Å². The Morgan fingerprint density at radius 1 is 1.30 bits per heavy atom. The number of Topliss-reactive ketones (excluding diaryl/α,β-unsaturated/α-hetero) is 1. The zero-order valence-corrected chi connectivity index (χ0v) is 14.1. The van der Waals surface area contributed by atoms with E-state index in [2.05, 4.69) is 36.7 Å². The van der Waals surface area contributed by atoms with Crippen molar-refractivity contribution in [3.8, 4) is 0 Å². The number of benzene rings is 1. The minimum absolute atomic E-state index is 0.0246. The molecule has 0 saturated heterocycles. The van der Waals surface area contributed by atoms with E-state index in [4.69, 9.17) is 11.6 Å². The van der Waals surface area contributed by atoms with Crippen LogP contribution in [0.1, 0.15) is 31.1 Å². The minimum Gasteiger partial charge on any atom is -0.303 e. The number of ketones is 1. The van der Waals surface area contributed by atoms with E-state index >= 15 is 0 Å². The van der Waals surface area contributed by atoms with Crippen LogP contribution in [0.4, 0.5) is 5.69 Å². The van der Waals surface area contributed by atoms with Crippen molar-refractivity contribution in [1.82, 2.24) is 0 Å². The lowest BCUT2D eigenvalue weighted by atomic mass is 9.82. The van der Waals surface area contributed by atoms with E-state index < -0.39 is 11.7 Å². The summed E-state index contributed by atoms with van der Waals surface area (Å²) in [6.07, 6.45) is 0. The lowest BCUT2D eigenvalue weighted by Crippen LogP contribution is -2.39. The SMILES string of the molecule is CC(C)(C)C(CBr)CN1C(=O)C(=O)c2cccc(Cl)c21. The third-order valence-electron chi connectivity index (χ3n) is 3.75. The number of fused-ring (bicyclic) bond motifs is 1. The predicted octanol–water partition coefficient (Wildman–Crippen LogP) is 3.93. The van der Waals surface area contributed by atoms with E-state index in [1.165, 1.54) is 4.90 Å². The van der Waals surface area contributed by atoms with Crippen molar-refractivity contribution in [1.29, 1.82) is 0 Å². The molecule has 2 rings (SSSR count). The Labute approximate surface area is 132 Å². The second-order valence-corrected chi connectivity index (χ2v) is 7.15. The van der Waals surface area contributed by atoms with Crippen LogP contribution >= 0.6 is 27.5 Å². The van der Waals surface area contributed by atoms with Crippen molar-refractivity contribution in [3.63, 3.8) is 0 Å². The fourth-order valence-electron chi connectivity index (χ4n) is 2.26. The molecule has 0 spiro atoms. The number of rotatable bonds is 3. The molecule has 108 valence electrons. The van der Waals surface area contributed by atoms with Crippen molar-refractivity contribution < 1.29 is 9.59 Å². The number of alkyl halides is 1. The number of nitrogens with zero attached hydrogens (tertiary/aromatic N) is 1. The molecule has 1 atom stereocenters. The van der Waals surface area contributed by atoms with Gasteiger partial charge in [-0.25, -0.2) is 0 Å². The summed E-state index contributed by atoms with van der Waals surface area (Å²) in [5.74, 6) is -0.727. The molecule has 1 heterocycles. The van der Waals surface area contributed by atoms with Crippen LogP contribution < -0.4 is 4.90 Å². The maximum Gasteiger partial charge on any atom is 0.299 e. The summed E-state index contributed by atoms with van der Waals surface area (Å²) in [5, 5.41) is 1.21. The number of para-hydroxylation sites is 1. The monoisotopic (exact) mass is 357 g/mol. The number of halogens is 2. The van der Waals surface area contributed by atoms with Gasteiger partial charge in [-0.15, -0.1) is 0 Å². The molecule has 0 N–H and O–H groups in total. The molecule has 5 heteroatoms. The Bertz CT molecular complexity index is 565. The predicted molar refractivity (Wildman–Crippen MR) is 84.9 cm³/mol. The first-order valence-corrected chi connectivity index (χ1v) is 7.98. The van der Waals surface area contributed by atoms with Gasteiger partial charge in [0, 0.05) is 11.9 Å².